The van der Waals surface area contributed by atoms with Crippen LogP contribution in [0.5, 0.6) is 0 Å². The van der Waals surface area contributed by atoms with E-state index in [0.717, 1.165) is 62.3 Å². The van der Waals surface area contributed by atoms with Crippen LogP contribution in [0.2, 0.25) is 0 Å². The predicted octanol–water partition coefficient (Wildman–Crippen LogP) is 1.59. The minimum absolute atomic E-state index is 0.100. The van der Waals surface area contributed by atoms with Crippen LogP contribution in [0.15, 0.2) is 5.16 Å². The Morgan fingerprint density at radius 2 is 2.08 bits per heavy atom. The van der Waals surface area contributed by atoms with Gasteiger partial charge in [0.2, 0.25) is 0 Å². The van der Waals surface area contributed by atoms with Gasteiger partial charge in [-0.15, -0.1) is 11.3 Å². The number of ether oxygens (including phenoxy) is 2. The van der Waals surface area contributed by atoms with Crippen LogP contribution in [0.3, 0.4) is 0 Å². The Morgan fingerprint density at radius 1 is 1.27 bits per heavy atom. The molecule has 4 heterocycles. The number of nitrogens with one attached hydrogen (secondary N) is 2. The van der Waals surface area contributed by atoms with Crippen LogP contribution in [0, 0.1) is 0 Å². The van der Waals surface area contributed by atoms with E-state index in [1.165, 1.54) is 15.1 Å². The lowest BCUT2D eigenvalue weighted by molar-refractivity contribution is -0.906. The van der Waals surface area contributed by atoms with Gasteiger partial charge >= 0.3 is 0 Å². The number of morpholine rings is 1. The van der Waals surface area contributed by atoms with E-state index in [2.05, 4.69) is 19.2 Å². The molecule has 26 heavy (non-hydrogen) atoms. The molecule has 1 saturated heterocycles. The van der Waals surface area contributed by atoms with Crippen molar-refractivity contribution in [2.75, 3.05) is 51.0 Å². The first-order chi connectivity index (χ1) is 12.6. The third kappa shape index (κ3) is 3.84. The summed E-state index contributed by atoms with van der Waals surface area (Å²) >= 11 is 3.42. The normalized spacial score (nSPS) is 20.3. The maximum Gasteiger partial charge on any atom is 0.189 e. The quantitative estimate of drug-likeness (QED) is 0.592. The lowest BCUT2D eigenvalue weighted by Crippen LogP contribution is -3.14. The SMILES string of the molecule is CSc1nc(NCC[NH+]2CCOCC2)c2sc3c(c2n1)COC(C)(C)C3. The molecular formula is C18H27N4O2S2+. The zero-order valence-electron chi connectivity index (χ0n) is 15.7. The second kappa shape index (κ2) is 7.59. The van der Waals surface area contributed by atoms with Crippen LogP contribution >= 0.6 is 23.1 Å². The van der Waals surface area contributed by atoms with E-state index < -0.39 is 0 Å². The summed E-state index contributed by atoms with van der Waals surface area (Å²) in [7, 11) is 0. The molecule has 6 nitrogen and oxygen atoms in total. The number of rotatable bonds is 5. The third-order valence-electron chi connectivity index (χ3n) is 5.04. The Labute approximate surface area is 162 Å². The first kappa shape index (κ1) is 18.4. The molecule has 2 aromatic heterocycles. The maximum absolute atomic E-state index is 6.04. The fraction of sp³-hybridized carbons (Fsp3) is 0.667. The standard InChI is InChI=1S/C18H26N4O2S2/c1-18(2)10-13-12(11-24-18)14-15(26-13)16(21-17(20-14)25-3)19-4-5-22-6-8-23-9-7-22/h4-11H2,1-3H3,(H,19,20,21)/p+1. The van der Waals surface area contributed by atoms with Gasteiger partial charge in [-0.25, -0.2) is 9.97 Å². The first-order valence-corrected chi connectivity index (χ1v) is 11.3. The number of thioether (sulfide) groups is 1. The van der Waals surface area contributed by atoms with E-state index in [-0.39, 0.29) is 5.60 Å². The molecular weight excluding hydrogens is 368 g/mol. The first-order valence-electron chi connectivity index (χ1n) is 9.21. The van der Waals surface area contributed by atoms with Crippen molar-refractivity contribution in [1.82, 2.24) is 9.97 Å². The fourth-order valence-electron chi connectivity index (χ4n) is 3.52. The highest BCUT2D eigenvalue weighted by atomic mass is 32.2. The van der Waals surface area contributed by atoms with Gasteiger partial charge in [-0.05, 0) is 20.1 Å². The Balaban J connectivity index is 1.58. The van der Waals surface area contributed by atoms with E-state index in [4.69, 9.17) is 19.4 Å². The van der Waals surface area contributed by atoms with Crippen molar-refractivity contribution >= 4 is 39.1 Å². The van der Waals surface area contributed by atoms with Gasteiger partial charge in [0, 0.05) is 16.9 Å². The van der Waals surface area contributed by atoms with E-state index in [9.17, 15) is 0 Å². The van der Waals surface area contributed by atoms with Crippen LogP contribution in [-0.2, 0) is 22.5 Å². The average molecular weight is 396 g/mol. The van der Waals surface area contributed by atoms with E-state index in [0.29, 0.717) is 6.61 Å². The number of hydrogen-bond acceptors (Lipinski definition) is 7. The van der Waals surface area contributed by atoms with Crippen molar-refractivity contribution in [2.45, 2.75) is 37.6 Å². The molecule has 0 atom stereocenters. The fourth-order valence-corrected chi connectivity index (χ4v) is 5.31. The topological polar surface area (TPSA) is 60.7 Å². The highest BCUT2D eigenvalue weighted by Crippen LogP contribution is 2.41. The molecule has 142 valence electrons. The summed E-state index contributed by atoms with van der Waals surface area (Å²) < 4.78 is 12.6. The molecule has 0 saturated carbocycles. The van der Waals surface area contributed by atoms with Gasteiger partial charge in [0.15, 0.2) is 5.16 Å². The van der Waals surface area contributed by atoms with Crippen LogP contribution < -0.4 is 10.2 Å². The Morgan fingerprint density at radius 3 is 2.85 bits per heavy atom. The number of hydrogen-bond donors (Lipinski definition) is 2. The van der Waals surface area contributed by atoms with Gasteiger partial charge in [0.1, 0.15) is 18.9 Å². The summed E-state index contributed by atoms with van der Waals surface area (Å²) in [4.78, 5) is 12.5. The smallest absolute Gasteiger partial charge is 0.189 e. The van der Waals surface area contributed by atoms with Crippen molar-refractivity contribution in [1.29, 1.82) is 0 Å². The lowest BCUT2D eigenvalue weighted by Gasteiger charge is -2.29. The van der Waals surface area contributed by atoms with Crippen molar-refractivity contribution in [3.05, 3.63) is 10.4 Å². The van der Waals surface area contributed by atoms with Crippen molar-refractivity contribution in [2.24, 2.45) is 0 Å². The van der Waals surface area contributed by atoms with Crippen LogP contribution in [0.25, 0.3) is 10.2 Å². The summed E-state index contributed by atoms with van der Waals surface area (Å²) in [5.41, 5.74) is 2.22. The summed E-state index contributed by atoms with van der Waals surface area (Å²) in [6.07, 6.45) is 2.97. The highest BCUT2D eigenvalue weighted by molar-refractivity contribution is 7.98. The molecule has 8 heteroatoms. The van der Waals surface area contributed by atoms with Crippen LogP contribution in [-0.4, -0.2) is 61.2 Å². The zero-order valence-corrected chi connectivity index (χ0v) is 17.3. The zero-order chi connectivity index (χ0) is 18.1. The number of anilines is 1. The molecule has 1 fully saturated rings. The second-order valence-corrected chi connectivity index (χ2v) is 9.38. The van der Waals surface area contributed by atoms with Crippen molar-refractivity contribution in [3.8, 4) is 0 Å². The minimum atomic E-state index is -0.100. The van der Waals surface area contributed by atoms with Gasteiger partial charge in [-0.3, -0.25) is 0 Å². The molecule has 0 amide bonds. The molecule has 2 N–H and O–H groups in total. The van der Waals surface area contributed by atoms with Gasteiger partial charge in [-0.1, -0.05) is 11.8 Å². The lowest BCUT2D eigenvalue weighted by atomic mass is 9.98. The Bertz CT molecular complexity index is 787. The number of fused-ring (bicyclic) bond motifs is 3. The molecule has 0 bridgehead atoms. The van der Waals surface area contributed by atoms with E-state index in [1.807, 2.05) is 17.6 Å². The highest BCUT2D eigenvalue weighted by Gasteiger charge is 2.30. The van der Waals surface area contributed by atoms with Crippen LogP contribution in [0.4, 0.5) is 5.82 Å². The number of quaternary nitrogens is 1. The Kier molecular flexibility index (Phi) is 5.38. The van der Waals surface area contributed by atoms with Gasteiger partial charge in [0.25, 0.3) is 0 Å². The van der Waals surface area contributed by atoms with Gasteiger partial charge in [0.05, 0.1) is 48.7 Å². The monoisotopic (exact) mass is 395 g/mol. The molecule has 0 aromatic carbocycles. The van der Waals surface area contributed by atoms with Crippen LogP contribution in [0.1, 0.15) is 24.3 Å². The molecule has 0 aliphatic carbocycles. The summed E-state index contributed by atoms with van der Waals surface area (Å²) in [5.74, 6) is 0.976. The summed E-state index contributed by atoms with van der Waals surface area (Å²) in [6, 6.07) is 0. The predicted molar refractivity (Wildman–Crippen MR) is 107 cm³/mol. The number of aromatic nitrogens is 2. The second-order valence-electron chi connectivity index (χ2n) is 7.50. The van der Waals surface area contributed by atoms with Gasteiger partial charge < -0.3 is 19.7 Å². The van der Waals surface area contributed by atoms with Gasteiger partial charge in [-0.2, -0.15) is 0 Å². The molecule has 2 aliphatic heterocycles. The molecule has 0 spiro atoms. The molecule has 0 radical (unpaired) electrons. The molecule has 2 aliphatic rings. The molecule has 4 rings (SSSR count). The number of nitrogens with zero attached hydrogens (tertiary/aromatic N) is 2. The van der Waals surface area contributed by atoms with E-state index in [1.54, 1.807) is 16.7 Å². The average Bonchev–Trinajstić information content (AvgIpc) is 2.98. The largest absolute Gasteiger partial charge is 0.370 e. The van der Waals surface area contributed by atoms with E-state index >= 15 is 0 Å². The minimum Gasteiger partial charge on any atom is -0.370 e. The number of thiophene rings is 1. The molecule has 2 aromatic rings. The van der Waals surface area contributed by atoms with Crippen molar-refractivity contribution in [3.63, 3.8) is 0 Å². The van der Waals surface area contributed by atoms with Crippen molar-refractivity contribution < 1.29 is 14.4 Å². The third-order valence-corrected chi connectivity index (χ3v) is 6.82. The Hall–Kier alpha value is -0.930. The maximum atomic E-state index is 6.04. The summed E-state index contributed by atoms with van der Waals surface area (Å²) in [5, 5.41) is 4.41. The molecule has 0 unspecified atom stereocenters. The summed E-state index contributed by atoms with van der Waals surface area (Å²) in [6.45, 7) is 10.9.